The van der Waals surface area contributed by atoms with Crippen LogP contribution in [0.2, 0.25) is 0 Å². The number of aromatic nitrogens is 2. The molecule has 8 heteroatoms. The molecule has 0 aliphatic rings. The number of nitrogen functional groups attached to an aromatic ring is 1. The number of halogens is 1. The normalized spacial score (nSPS) is 11.4. The second-order valence-corrected chi connectivity index (χ2v) is 5.77. The van der Waals surface area contributed by atoms with Gasteiger partial charge in [-0.2, -0.15) is 5.10 Å². The minimum Gasteiger partial charge on any atom is -0.399 e. The number of hydrogen-bond acceptors (Lipinski definition) is 4. The number of rotatable bonds is 3. The van der Waals surface area contributed by atoms with E-state index in [1.807, 2.05) is 0 Å². The second-order valence-electron chi connectivity index (χ2n) is 3.27. The number of nitrogens with zero attached hydrogens (tertiary/aromatic N) is 1. The number of nitrogens with one attached hydrogen (secondary N) is 2. The SMILES string of the molecule is Nc1ccc(S(=O)(=O)Nc2ccn[nH]2)c(Br)c1. The van der Waals surface area contributed by atoms with Gasteiger partial charge in [0, 0.05) is 16.2 Å². The Morgan fingerprint density at radius 1 is 1.35 bits per heavy atom. The van der Waals surface area contributed by atoms with Gasteiger partial charge in [0.05, 0.1) is 6.20 Å². The molecule has 2 rings (SSSR count). The lowest BCUT2D eigenvalue weighted by Crippen LogP contribution is -2.14. The van der Waals surface area contributed by atoms with E-state index in [1.165, 1.54) is 30.5 Å². The second kappa shape index (κ2) is 4.38. The molecule has 1 aromatic heterocycles. The molecule has 0 saturated heterocycles. The van der Waals surface area contributed by atoms with Crippen LogP contribution in [0.15, 0.2) is 39.8 Å². The lowest BCUT2D eigenvalue weighted by Gasteiger charge is -2.08. The monoisotopic (exact) mass is 316 g/mol. The fourth-order valence-electron chi connectivity index (χ4n) is 1.25. The van der Waals surface area contributed by atoms with Crippen LogP contribution in [-0.2, 0) is 10.0 Å². The molecule has 0 fully saturated rings. The number of aromatic amines is 1. The van der Waals surface area contributed by atoms with Crippen molar-refractivity contribution >= 4 is 37.5 Å². The summed E-state index contributed by atoms with van der Waals surface area (Å²) in [6.07, 6.45) is 1.45. The van der Waals surface area contributed by atoms with E-state index in [1.54, 1.807) is 0 Å². The summed E-state index contributed by atoms with van der Waals surface area (Å²) >= 11 is 3.16. The third kappa shape index (κ3) is 2.59. The summed E-state index contributed by atoms with van der Waals surface area (Å²) in [5.74, 6) is 0.300. The average molecular weight is 317 g/mol. The molecule has 0 unspecified atom stereocenters. The summed E-state index contributed by atoms with van der Waals surface area (Å²) in [7, 11) is -3.65. The van der Waals surface area contributed by atoms with E-state index in [-0.39, 0.29) is 4.90 Å². The summed E-state index contributed by atoms with van der Waals surface area (Å²) in [5.41, 5.74) is 6.03. The van der Waals surface area contributed by atoms with Gasteiger partial charge >= 0.3 is 0 Å². The molecule has 0 amide bonds. The van der Waals surface area contributed by atoms with Crippen molar-refractivity contribution in [3.8, 4) is 0 Å². The maximum atomic E-state index is 12.0. The van der Waals surface area contributed by atoms with Gasteiger partial charge in [0.1, 0.15) is 10.7 Å². The quantitative estimate of drug-likeness (QED) is 0.748. The van der Waals surface area contributed by atoms with E-state index >= 15 is 0 Å². The van der Waals surface area contributed by atoms with Crippen LogP contribution in [-0.4, -0.2) is 18.6 Å². The molecule has 0 atom stereocenters. The Kier molecular flexibility index (Phi) is 3.07. The highest BCUT2D eigenvalue weighted by Crippen LogP contribution is 2.25. The Bertz CT molecular complexity index is 624. The lowest BCUT2D eigenvalue weighted by molar-refractivity contribution is 0.600. The van der Waals surface area contributed by atoms with Crippen LogP contribution in [0.1, 0.15) is 0 Å². The fraction of sp³-hybridized carbons (Fsp3) is 0. The first kappa shape index (κ1) is 11.9. The molecule has 90 valence electrons. The molecular weight excluding hydrogens is 308 g/mol. The molecule has 0 aliphatic heterocycles. The highest BCUT2D eigenvalue weighted by molar-refractivity contribution is 9.10. The Morgan fingerprint density at radius 3 is 2.71 bits per heavy atom. The first-order valence-electron chi connectivity index (χ1n) is 4.56. The van der Waals surface area contributed by atoms with E-state index in [4.69, 9.17) is 5.73 Å². The molecular formula is C9H9BrN4O2S. The molecule has 1 heterocycles. The first-order chi connectivity index (χ1) is 7.99. The maximum Gasteiger partial charge on any atom is 0.264 e. The number of anilines is 2. The van der Waals surface area contributed by atoms with E-state index in [0.29, 0.717) is 16.0 Å². The summed E-state index contributed by atoms with van der Waals surface area (Å²) in [6, 6.07) is 5.99. The third-order valence-electron chi connectivity index (χ3n) is 1.99. The van der Waals surface area contributed by atoms with Crippen LogP contribution in [0, 0.1) is 0 Å². The largest absolute Gasteiger partial charge is 0.399 e. The molecule has 4 N–H and O–H groups in total. The summed E-state index contributed by atoms with van der Waals surface area (Å²) in [6.45, 7) is 0. The van der Waals surface area contributed by atoms with Crippen LogP contribution in [0.25, 0.3) is 0 Å². The first-order valence-corrected chi connectivity index (χ1v) is 6.84. The molecule has 1 aromatic carbocycles. The van der Waals surface area contributed by atoms with Crippen LogP contribution >= 0.6 is 15.9 Å². The van der Waals surface area contributed by atoms with Gasteiger partial charge in [0.2, 0.25) is 0 Å². The molecule has 0 aliphatic carbocycles. The molecule has 0 spiro atoms. The number of sulfonamides is 1. The third-order valence-corrected chi connectivity index (χ3v) is 4.33. The topological polar surface area (TPSA) is 101 Å². The Morgan fingerprint density at radius 2 is 2.12 bits per heavy atom. The Hall–Kier alpha value is -1.54. The number of hydrogen-bond donors (Lipinski definition) is 3. The zero-order valence-corrected chi connectivity index (χ0v) is 10.9. The van der Waals surface area contributed by atoms with Gasteiger partial charge in [0.25, 0.3) is 10.0 Å². The van der Waals surface area contributed by atoms with Gasteiger partial charge in [-0.3, -0.25) is 9.82 Å². The predicted octanol–water partition coefficient (Wildman–Crippen LogP) is 1.56. The van der Waals surface area contributed by atoms with Crippen LogP contribution in [0.3, 0.4) is 0 Å². The van der Waals surface area contributed by atoms with Crippen LogP contribution in [0.5, 0.6) is 0 Å². The zero-order chi connectivity index (χ0) is 12.5. The van der Waals surface area contributed by atoms with Gasteiger partial charge in [-0.1, -0.05) is 0 Å². The molecule has 0 saturated carbocycles. The van der Waals surface area contributed by atoms with Gasteiger partial charge in [-0.05, 0) is 34.1 Å². The van der Waals surface area contributed by atoms with Crippen molar-refractivity contribution in [2.75, 3.05) is 10.5 Å². The van der Waals surface area contributed by atoms with E-state index in [2.05, 4.69) is 30.8 Å². The highest BCUT2D eigenvalue weighted by Gasteiger charge is 2.18. The van der Waals surface area contributed by atoms with Crippen molar-refractivity contribution in [3.05, 3.63) is 34.9 Å². The average Bonchev–Trinajstić information content (AvgIpc) is 2.68. The van der Waals surface area contributed by atoms with Crippen LogP contribution in [0.4, 0.5) is 11.5 Å². The van der Waals surface area contributed by atoms with Gasteiger partial charge in [-0.15, -0.1) is 0 Å². The zero-order valence-electron chi connectivity index (χ0n) is 8.51. The minimum absolute atomic E-state index is 0.112. The lowest BCUT2D eigenvalue weighted by atomic mass is 10.3. The van der Waals surface area contributed by atoms with Crippen molar-refractivity contribution in [1.82, 2.24) is 10.2 Å². The summed E-state index contributed by atoms with van der Waals surface area (Å²) in [4.78, 5) is 0.112. The number of nitrogens with two attached hydrogens (primary N) is 1. The highest BCUT2D eigenvalue weighted by atomic mass is 79.9. The van der Waals surface area contributed by atoms with Crippen molar-refractivity contribution in [2.45, 2.75) is 4.90 Å². The van der Waals surface area contributed by atoms with Gasteiger partial charge in [-0.25, -0.2) is 8.42 Å². The van der Waals surface area contributed by atoms with Crippen LogP contribution < -0.4 is 10.5 Å². The van der Waals surface area contributed by atoms with Crippen molar-refractivity contribution in [1.29, 1.82) is 0 Å². The standard InChI is InChI=1S/C9H9BrN4O2S/c10-7-5-6(11)1-2-8(7)17(15,16)14-9-3-4-12-13-9/h1-5H,11H2,(H2,12,13,14). The molecule has 2 aromatic rings. The Labute approximate surface area is 106 Å². The summed E-state index contributed by atoms with van der Waals surface area (Å²) < 4.78 is 26.8. The predicted molar refractivity (Wildman–Crippen MR) is 68.0 cm³/mol. The van der Waals surface area contributed by atoms with Gasteiger partial charge < -0.3 is 5.73 Å². The van der Waals surface area contributed by atoms with Crippen molar-refractivity contribution < 1.29 is 8.42 Å². The van der Waals surface area contributed by atoms with Gasteiger partial charge in [0.15, 0.2) is 0 Å². The minimum atomic E-state index is -3.65. The fourth-order valence-corrected chi connectivity index (χ4v) is 3.36. The van der Waals surface area contributed by atoms with Crippen molar-refractivity contribution in [3.63, 3.8) is 0 Å². The van der Waals surface area contributed by atoms with Crippen molar-refractivity contribution in [2.24, 2.45) is 0 Å². The summed E-state index contributed by atoms with van der Waals surface area (Å²) in [5, 5.41) is 6.17. The molecule has 6 nitrogen and oxygen atoms in total. The molecule has 17 heavy (non-hydrogen) atoms. The smallest absolute Gasteiger partial charge is 0.264 e. The van der Waals surface area contributed by atoms with E-state index in [0.717, 1.165) is 0 Å². The number of benzene rings is 1. The van der Waals surface area contributed by atoms with E-state index < -0.39 is 10.0 Å². The maximum absolute atomic E-state index is 12.0. The van der Waals surface area contributed by atoms with E-state index in [9.17, 15) is 8.42 Å². The molecule has 0 bridgehead atoms. The molecule has 0 radical (unpaired) electrons. The Balaban J connectivity index is 2.38. The number of H-pyrrole nitrogens is 1.